The Hall–Kier alpha value is -2.15. The Labute approximate surface area is 132 Å². The van der Waals surface area contributed by atoms with Gasteiger partial charge in [-0.2, -0.15) is 0 Å². The highest BCUT2D eigenvalue weighted by atomic mass is 32.1. The van der Waals surface area contributed by atoms with Crippen molar-refractivity contribution in [2.24, 2.45) is 0 Å². The van der Waals surface area contributed by atoms with Gasteiger partial charge in [0.25, 0.3) is 5.91 Å². The molecular formula is C15H17N3O3S. The second-order valence-electron chi connectivity index (χ2n) is 5.20. The summed E-state index contributed by atoms with van der Waals surface area (Å²) in [6.07, 6.45) is 3.38. The highest BCUT2D eigenvalue weighted by molar-refractivity contribution is 7.12. The van der Waals surface area contributed by atoms with Crippen molar-refractivity contribution in [2.75, 3.05) is 13.7 Å². The number of nitrogens with zero attached hydrogens (tertiary/aromatic N) is 3. The van der Waals surface area contributed by atoms with E-state index >= 15 is 0 Å². The van der Waals surface area contributed by atoms with Crippen molar-refractivity contribution in [3.05, 3.63) is 34.0 Å². The van der Waals surface area contributed by atoms with Crippen LogP contribution in [-0.4, -0.2) is 40.0 Å². The van der Waals surface area contributed by atoms with E-state index in [0.29, 0.717) is 23.7 Å². The summed E-state index contributed by atoms with van der Waals surface area (Å²) < 4.78 is 7.06. The molecule has 1 aliphatic rings. The lowest BCUT2D eigenvalue weighted by Gasteiger charge is -2.14. The number of carbonyl (C=O) groups excluding carboxylic acids is 2. The molecule has 3 rings (SSSR count). The van der Waals surface area contributed by atoms with E-state index in [1.165, 1.54) is 11.3 Å². The van der Waals surface area contributed by atoms with E-state index in [-0.39, 0.29) is 11.6 Å². The first-order chi connectivity index (χ1) is 10.6. The number of amides is 1. The van der Waals surface area contributed by atoms with Crippen LogP contribution < -0.4 is 0 Å². The predicted molar refractivity (Wildman–Crippen MR) is 82.4 cm³/mol. The van der Waals surface area contributed by atoms with Gasteiger partial charge in [0, 0.05) is 7.05 Å². The standard InChI is InChI=1S/C15H17N3O3S/c1-3-4-6-21-15(20)12-11-8-17(2)14(19)13-10(5-7-22-13)18(11)9-16-12/h5,7,9H,3-4,6,8H2,1-2H3. The van der Waals surface area contributed by atoms with Crippen LogP contribution in [0, 0.1) is 0 Å². The molecule has 1 amide bonds. The summed E-state index contributed by atoms with van der Waals surface area (Å²) in [5, 5.41) is 1.87. The van der Waals surface area contributed by atoms with Gasteiger partial charge in [-0.05, 0) is 17.9 Å². The molecule has 0 aromatic carbocycles. The Morgan fingerprint density at radius 1 is 1.50 bits per heavy atom. The van der Waals surface area contributed by atoms with Crippen LogP contribution in [0.15, 0.2) is 17.8 Å². The Kier molecular flexibility index (Phi) is 3.98. The monoisotopic (exact) mass is 319 g/mol. The third-order valence-corrected chi connectivity index (χ3v) is 4.51. The van der Waals surface area contributed by atoms with Gasteiger partial charge in [-0.3, -0.25) is 9.36 Å². The summed E-state index contributed by atoms with van der Waals surface area (Å²) in [6, 6.07) is 1.87. The van der Waals surface area contributed by atoms with Crippen LogP contribution in [0.3, 0.4) is 0 Å². The van der Waals surface area contributed by atoms with Crippen molar-refractivity contribution in [3.63, 3.8) is 0 Å². The average Bonchev–Trinajstić information content (AvgIpc) is 3.10. The van der Waals surface area contributed by atoms with Gasteiger partial charge in [0.05, 0.1) is 24.5 Å². The largest absolute Gasteiger partial charge is 0.461 e. The number of aromatic nitrogens is 2. The van der Waals surface area contributed by atoms with Gasteiger partial charge in [0.1, 0.15) is 11.2 Å². The zero-order chi connectivity index (χ0) is 15.7. The lowest BCUT2D eigenvalue weighted by atomic mass is 10.3. The molecule has 0 radical (unpaired) electrons. The molecule has 2 aromatic rings. The summed E-state index contributed by atoms with van der Waals surface area (Å²) in [5.41, 5.74) is 1.75. The van der Waals surface area contributed by atoms with E-state index in [2.05, 4.69) is 4.98 Å². The molecule has 0 saturated heterocycles. The van der Waals surface area contributed by atoms with Gasteiger partial charge in [-0.1, -0.05) is 13.3 Å². The number of hydrogen-bond donors (Lipinski definition) is 0. The molecular weight excluding hydrogens is 302 g/mol. The molecule has 3 heterocycles. The Balaban J connectivity index is 1.97. The maximum atomic E-state index is 12.3. The first-order valence-electron chi connectivity index (χ1n) is 7.20. The summed E-state index contributed by atoms with van der Waals surface area (Å²) in [6.45, 7) is 2.76. The fourth-order valence-corrected chi connectivity index (χ4v) is 3.28. The molecule has 7 heteroatoms. The highest BCUT2D eigenvalue weighted by Crippen LogP contribution is 2.29. The molecule has 0 saturated carbocycles. The maximum absolute atomic E-state index is 12.3. The lowest BCUT2D eigenvalue weighted by molar-refractivity contribution is 0.0489. The van der Waals surface area contributed by atoms with Gasteiger partial charge in [0.2, 0.25) is 0 Å². The normalized spacial score (nSPS) is 13.5. The van der Waals surface area contributed by atoms with Crippen molar-refractivity contribution in [3.8, 4) is 5.69 Å². The van der Waals surface area contributed by atoms with Crippen LogP contribution >= 0.6 is 11.3 Å². The number of unbranched alkanes of at least 4 members (excludes halogenated alkanes) is 1. The molecule has 0 bridgehead atoms. The number of thiophene rings is 1. The molecule has 0 N–H and O–H groups in total. The Morgan fingerprint density at radius 3 is 3.09 bits per heavy atom. The minimum absolute atomic E-state index is 0.0426. The first kappa shape index (κ1) is 14.8. The number of imidazole rings is 1. The molecule has 116 valence electrons. The number of fused-ring (bicyclic) bond motifs is 3. The van der Waals surface area contributed by atoms with Gasteiger partial charge >= 0.3 is 5.97 Å². The Morgan fingerprint density at radius 2 is 2.32 bits per heavy atom. The number of carbonyl (C=O) groups is 2. The van der Waals surface area contributed by atoms with Crippen molar-refractivity contribution in [2.45, 2.75) is 26.3 Å². The summed E-state index contributed by atoms with van der Waals surface area (Å²) in [7, 11) is 1.72. The van der Waals surface area contributed by atoms with Crippen LogP contribution in [0.25, 0.3) is 5.69 Å². The van der Waals surface area contributed by atoms with E-state index < -0.39 is 5.97 Å². The molecule has 0 aliphatic carbocycles. The zero-order valence-electron chi connectivity index (χ0n) is 12.5. The molecule has 0 spiro atoms. The molecule has 0 unspecified atom stereocenters. The summed E-state index contributed by atoms with van der Waals surface area (Å²) >= 11 is 1.39. The van der Waals surface area contributed by atoms with Crippen LogP contribution in [0.4, 0.5) is 0 Å². The second-order valence-corrected chi connectivity index (χ2v) is 6.11. The fraction of sp³-hybridized carbons (Fsp3) is 0.400. The minimum Gasteiger partial charge on any atom is -0.461 e. The summed E-state index contributed by atoms with van der Waals surface area (Å²) in [5.74, 6) is -0.472. The van der Waals surface area contributed by atoms with Gasteiger partial charge < -0.3 is 9.64 Å². The molecule has 2 aromatic heterocycles. The molecule has 1 aliphatic heterocycles. The predicted octanol–water partition coefficient (Wildman–Crippen LogP) is 2.48. The summed E-state index contributed by atoms with van der Waals surface area (Å²) in [4.78, 5) is 31.0. The van der Waals surface area contributed by atoms with Crippen molar-refractivity contribution >= 4 is 23.2 Å². The van der Waals surface area contributed by atoms with Crippen LogP contribution in [0.5, 0.6) is 0 Å². The highest BCUT2D eigenvalue weighted by Gasteiger charge is 2.29. The average molecular weight is 319 g/mol. The van der Waals surface area contributed by atoms with Crippen LogP contribution in [0.1, 0.15) is 45.6 Å². The molecule has 22 heavy (non-hydrogen) atoms. The van der Waals surface area contributed by atoms with E-state index in [1.807, 2.05) is 22.9 Å². The van der Waals surface area contributed by atoms with E-state index in [9.17, 15) is 9.59 Å². The van der Waals surface area contributed by atoms with Crippen LogP contribution in [-0.2, 0) is 11.3 Å². The van der Waals surface area contributed by atoms with E-state index in [0.717, 1.165) is 18.5 Å². The minimum atomic E-state index is -0.429. The van der Waals surface area contributed by atoms with Gasteiger partial charge in [-0.15, -0.1) is 11.3 Å². The van der Waals surface area contributed by atoms with E-state index in [4.69, 9.17) is 4.74 Å². The smallest absolute Gasteiger partial charge is 0.358 e. The maximum Gasteiger partial charge on any atom is 0.358 e. The SMILES string of the molecule is CCCCOC(=O)c1ncn2c1CN(C)C(=O)c1sccc1-2. The first-order valence-corrected chi connectivity index (χ1v) is 8.08. The van der Waals surface area contributed by atoms with Crippen molar-refractivity contribution in [1.82, 2.24) is 14.5 Å². The van der Waals surface area contributed by atoms with Gasteiger partial charge in [0.15, 0.2) is 5.69 Å². The molecule has 0 fully saturated rings. The Bertz CT molecular complexity index is 719. The number of rotatable bonds is 4. The third kappa shape index (κ3) is 2.41. The number of hydrogen-bond acceptors (Lipinski definition) is 5. The number of ether oxygens (including phenoxy) is 1. The number of esters is 1. The van der Waals surface area contributed by atoms with Crippen LogP contribution in [0.2, 0.25) is 0 Å². The van der Waals surface area contributed by atoms with Gasteiger partial charge in [-0.25, -0.2) is 9.78 Å². The molecule has 6 nitrogen and oxygen atoms in total. The lowest BCUT2D eigenvalue weighted by Crippen LogP contribution is -2.25. The third-order valence-electron chi connectivity index (χ3n) is 3.62. The second kappa shape index (κ2) is 5.92. The topological polar surface area (TPSA) is 64.4 Å². The zero-order valence-corrected chi connectivity index (χ0v) is 13.4. The fourth-order valence-electron chi connectivity index (χ4n) is 2.40. The van der Waals surface area contributed by atoms with Crippen molar-refractivity contribution in [1.29, 1.82) is 0 Å². The van der Waals surface area contributed by atoms with Crippen molar-refractivity contribution < 1.29 is 14.3 Å². The van der Waals surface area contributed by atoms with E-state index in [1.54, 1.807) is 18.3 Å². The quantitative estimate of drug-likeness (QED) is 0.641. The molecule has 0 atom stereocenters.